The minimum Gasteiger partial charge on any atom is -0.478 e. The van der Waals surface area contributed by atoms with E-state index >= 15 is 0 Å². The van der Waals surface area contributed by atoms with E-state index < -0.39 is 23.3 Å². The van der Waals surface area contributed by atoms with Crippen molar-refractivity contribution >= 4 is 11.7 Å². The van der Waals surface area contributed by atoms with Crippen molar-refractivity contribution in [2.45, 2.75) is 6.18 Å². The zero-order valence-electron chi connectivity index (χ0n) is 11.5. The summed E-state index contributed by atoms with van der Waals surface area (Å²) in [5, 5.41) is 9.15. The van der Waals surface area contributed by atoms with E-state index in [0.717, 1.165) is 12.1 Å². The highest BCUT2D eigenvalue weighted by Gasteiger charge is 2.32. The molecule has 1 N–H and O–H groups in total. The lowest BCUT2D eigenvalue weighted by molar-refractivity contribution is -0.137. The lowest BCUT2D eigenvalue weighted by Crippen LogP contribution is -2.29. The fraction of sp³-hybridized carbons (Fsp3) is 0.357. The van der Waals surface area contributed by atoms with Crippen LogP contribution in [0.15, 0.2) is 30.9 Å². The standard InChI is InChI=1S/C14H16F3NO3/c1-3-6-18(7-8-21-2)12-5-4-10(14(15,16)17)9-11(12)13(19)20/h3-5,9H,1,6-8H2,2H3,(H,19,20). The Morgan fingerprint density at radius 1 is 1.48 bits per heavy atom. The Bertz CT molecular complexity index is 515. The van der Waals surface area contributed by atoms with Crippen LogP contribution in [-0.2, 0) is 10.9 Å². The van der Waals surface area contributed by atoms with Gasteiger partial charge in [0.1, 0.15) is 0 Å². The number of hydrogen-bond acceptors (Lipinski definition) is 3. The third-order valence-electron chi connectivity index (χ3n) is 2.81. The van der Waals surface area contributed by atoms with Crippen LogP contribution in [0.4, 0.5) is 18.9 Å². The minimum absolute atomic E-state index is 0.201. The molecule has 0 aliphatic carbocycles. The van der Waals surface area contributed by atoms with E-state index in [0.29, 0.717) is 25.8 Å². The van der Waals surface area contributed by atoms with Gasteiger partial charge in [0.05, 0.1) is 23.4 Å². The number of methoxy groups -OCH3 is 1. The van der Waals surface area contributed by atoms with Crippen molar-refractivity contribution in [2.24, 2.45) is 0 Å². The first kappa shape index (κ1) is 17.0. The SMILES string of the molecule is C=CCN(CCOC)c1ccc(C(F)(F)F)cc1C(=O)O. The Labute approximate surface area is 120 Å². The van der Waals surface area contributed by atoms with Crippen LogP contribution in [0, 0.1) is 0 Å². The van der Waals surface area contributed by atoms with Crippen molar-refractivity contribution in [1.29, 1.82) is 0 Å². The van der Waals surface area contributed by atoms with Gasteiger partial charge in [-0.2, -0.15) is 13.2 Å². The second-order valence-electron chi connectivity index (χ2n) is 4.26. The van der Waals surface area contributed by atoms with Crippen molar-refractivity contribution in [2.75, 3.05) is 31.7 Å². The summed E-state index contributed by atoms with van der Waals surface area (Å²) in [6.45, 7) is 4.51. The van der Waals surface area contributed by atoms with Gasteiger partial charge < -0.3 is 14.7 Å². The Hall–Kier alpha value is -2.02. The second-order valence-corrected chi connectivity index (χ2v) is 4.26. The highest BCUT2D eigenvalue weighted by molar-refractivity contribution is 5.94. The summed E-state index contributed by atoms with van der Waals surface area (Å²) in [5.41, 5.74) is -1.19. The highest BCUT2D eigenvalue weighted by atomic mass is 19.4. The number of ether oxygens (including phenoxy) is 1. The third-order valence-corrected chi connectivity index (χ3v) is 2.81. The molecule has 0 heterocycles. The molecule has 4 nitrogen and oxygen atoms in total. The smallest absolute Gasteiger partial charge is 0.416 e. The molecule has 0 atom stereocenters. The average Bonchev–Trinajstić information content (AvgIpc) is 2.41. The number of nitrogens with zero attached hydrogens (tertiary/aromatic N) is 1. The van der Waals surface area contributed by atoms with Gasteiger partial charge in [-0.05, 0) is 18.2 Å². The third kappa shape index (κ3) is 4.49. The van der Waals surface area contributed by atoms with Crippen LogP contribution in [0.2, 0.25) is 0 Å². The molecule has 1 aromatic carbocycles. The number of halogens is 3. The molecular formula is C14H16F3NO3. The van der Waals surface area contributed by atoms with Gasteiger partial charge in [-0.15, -0.1) is 6.58 Å². The summed E-state index contributed by atoms with van der Waals surface area (Å²) < 4.78 is 42.9. The zero-order valence-corrected chi connectivity index (χ0v) is 11.5. The molecule has 0 saturated heterocycles. The van der Waals surface area contributed by atoms with E-state index in [-0.39, 0.29) is 5.69 Å². The number of carbonyl (C=O) groups is 1. The second kappa shape index (κ2) is 7.12. The lowest BCUT2D eigenvalue weighted by Gasteiger charge is -2.25. The lowest BCUT2D eigenvalue weighted by atomic mass is 10.1. The van der Waals surface area contributed by atoms with E-state index in [9.17, 15) is 18.0 Å². The number of carboxylic acids is 1. The molecule has 7 heteroatoms. The van der Waals surface area contributed by atoms with Crippen molar-refractivity contribution in [3.8, 4) is 0 Å². The summed E-state index contributed by atoms with van der Waals surface area (Å²) >= 11 is 0. The maximum Gasteiger partial charge on any atom is 0.416 e. The van der Waals surface area contributed by atoms with Crippen LogP contribution in [0.25, 0.3) is 0 Å². The number of alkyl halides is 3. The molecule has 1 rings (SSSR count). The van der Waals surface area contributed by atoms with Crippen LogP contribution >= 0.6 is 0 Å². The molecule has 0 spiro atoms. The molecule has 0 aliphatic rings. The summed E-state index contributed by atoms with van der Waals surface area (Å²) in [6.07, 6.45) is -3.04. The Kier molecular flexibility index (Phi) is 5.78. The average molecular weight is 303 g/mol. The number of carboxylic acid groups (broad SMARTS) is 1. The van der Waals surface area contributed by atoms with E-state index in [1.54, 1.807) is 11.0 Å². The largest absolute Gasteiger partial charge is 0.478 e. The molecule has 0 amide bonds. The van der Waals surface area contributed by atoms with Crippen LogP contribution in [0.1, 0.15) is 15.9 Å². The fourth-order valence-electron chi connectivity index (χ4n) is 1.83. The highest BCUT2D eigenvalue weighted by Crippen LogP contribution is 2.33. The molecule has 0 aromatic heterocycles. The van der Waals surface area contributed by atoms with Gasteiger partial charge >= 0.3 is 12.1 Å². The van der Waals surface area contributed by atoms with Gasteiger partial charge in [0, 0.05) is 20.2 Å². The van der Waals surface area contributed by atoms with E-state index in [1.807, 2.05) is 0 Å². The predicted octanol–water partition coefficient (Wildman–Crippen LogP) is 3.04. The van der Waals surface area contributed by atoms with Crippen LogP contribution in [0.5, 0.6) is 0 Å². The maximum absolute atomic E-state index is 12.7. The van der Waals surface area contributed by atoms with Crippen molar-refractivity contribution < 1.29 is 27.8 Å². The number of aromatic carboxylic acids is 1. The summed E-state index contributed by atoms with van der Waals surface area (Å²) in [4.78, 5) is 12.8. The monoisotopic (exact) mass is 303 g/mol. The number of rotatable bonds is 7. The topological polar surface area (TPSA) is 49.8 Å². The molecule has 21 heavy (non-hydrogen) atoms. The van der Waals surface area contributed by atoms with Crippen molar-refractivity contribution in [3.63, 3.8) is 0 Å². The first-order valence-corrected chi connectivity index (χ1v) is 6.10. The Balaban J connectivity index is 3.26. The molecule has 116 valence electrons. The van der Waals surface area contributed by atoms with Crippen molar-refractivity contribution in [3.05, 3.63) is 42.0 Å². The number of hydrogen-bond donors (Lipinski definition) is 1. The molecule has 0 saturated carbocycles. The Morgan fingerprint density at radius 2 is 2.14 bits per heavy atom. The van der Waals surface area contributed by atoms with Crippen molar-refractivity contribution in [1.82, 2.24) is 0 Å². The van der Waals surface area contributed by atoms with Crippen LogP contribution < -0.4 is 4.90 Å². The van der Waals surface area contributed by atoms with E-state index in [2.05, 4.69) is 6.58 Å². The number of benzene rings is 1. The molecule has 0 bridgehead atoms. The molecule has 0 unspecified atom stereocenters. The van der Waals surface area contributed by atoms with Gasteiger partial charge in [-0.1, -0.05) is 6.08 Å². The van der Waals surface area contributed by atoms with E-state index in [1.165, 1.54) is 7.11 Å². The summed E-state index contributed by atoms with van der Waals surface area (Å²) in [6, 6.07) is 2.66. The molecule has 1 aromatic rings. The minimum atomic E-state index is -4.58. The fourth-order valence-corrected chi connectivity index (χ4v) is 1.83. The quantitative estimate of drug-likeness (QED) is 0.787. The normalized spacial score (nSPS) is 11.2. The number of anilines is 1. The van der Waals surface area contributed by atoms with Crippen LogP contribution in [-0.4, -0.2) is 37.9 Å². The molecule has 0 fully saturated rings. The van der Waals surface area contributed by atoms with Gasteiger partial charge in [0.25, 0.3) is 0 Å². The summed E-state index contributed by atoms with van der Waals surface area (Å²) in [7, 11) is 1.48. The van der Waals surface area contributed by atoms with Gasteiger partial charge in [-0.3, -0.25) is 0 Å². The molecule has 0 aliphatic heterocycles. The first-order chi connectivity index (χ1) is 9.81. The van der Waals surface area contributed by atoms with E-state index in [4.69, 9.17) is 9.84 Å². The summed E-state index contributed by atoms with van der Waals surface area (Å²) in [5.74, 6) is -1.41. The van der Waals surface area contributed by atoms with Gasteiger partial charge in [-0.25, -0.2) is 4.79 Å². The van der Waals surface area contributed by atoms with Crippen LogP contribution in [0.3, 0.4) is 0 Å². The zero-order chi connectivity index (χ0) is 16.0. The van der Waals surface area contributed by atoms with Gasteiger partial charge in [0.2, 0.25) is 0 Å². The predicted molar refractivity (Wildman–Crippen MR) is 72.7 cm³/mol. The first-order valence-electron chi connectivity index (χ1n) is 6.10. The molecular weight excluding hydrogens is 287 g/mol. The molecule has 0 radical (unpaired) electrons. The van der Waals surface area contributed by atoms with Gasteiger partial charge in [0.15, 0.2) is 0 Å². The Morgan fingerprint density at radius 3 is 2.62 bits per heavy atom. The maximum atomic E-state index is 12.7.